The van der Waals surface area contributed by atoms with Crippen molar-refractivity contribution in [2.75, 3.05) is 5.32 Å². The number of amides is 1. The quantitative estimate of drug-likeness (QED) is 0.504. The molecular weight excluding hydrogens is 244 g/mol. The van der Waals surface area contributed by atoms with Crippen LogP contribution >= 0.6 is 0 Å². The lowest BCUT2D eigenvalue weighted by Gasteiger charge is -2.01. The molecule has 1 amide bonds. The molecule has 0 saturated heterocycles. The summed E-state index contributed by atoms with van der Waals surface area (Å²) in [5.41, 5.74) is 1.08. The highest BCUT2D eigenvalue weighted by Crippen LogP contribution is 2.12. The van der Waals surface area contributed by atoms with Crippen LogP contribution in [-0.2, 0) is 4.84 Å². The van der Waals surface area contributed by atoms with E-state index in [-0.39, 0.29) is 5.75 Å². The van der Waals surface area contributed by atoms with Gasteiger partial charge in [0.2, 0.25) is 0 Å². The van der Waals surface area contributed by atoms with E-state index in [9.17, 15) is 9.90 Å². The largest absolute Gasteiger partial charge is 0.507 e. The number of aromatic hydroxyl groups is 1. The molecule has 0 aromatic heterocycles. The number of oxime groups is 1. The lowest BCUT2D eigenvalue weighted by Crippen LogP contribution is -2.10. The molecule has 0 aliphatic heterocycles. The van der Waals surface area contributed by atoms with Crippen molar-refractivity contribution in [1.29, 1.82) is 0 Å². The molecular formula is C14H12N2O3. The molecule has 0 unspecified atom stereocenters. The van der Waals surface area contributed by atoms with Crippen LogP contribution in [0.25, 0.3) is 0 Å². The van der Waals surface area contributed by atoms with Crippen LogP contribution in [0.5, 0.6) is 5.75 Å². The number of anilines is 1. The molecule has 2 aromatic rings. The molecule has 0 spiro atoms. The van der Waals surface area contributed by atoms with Crippen LogP contribution in [0.15, 0.2) is 59.8 Å². The van der Waals surface area contributed by atoms with Gasteiger partial charge in [-0.25, -0.2) is 4.79 Å². The fourth-order valence-electron chi connectivity index (χ4n) is 1.39. The maximum atomic E-state index is 11.4. The molecule has 0 heterocycles. The second-order valence-electron chi connectivity index (χ2n) is 3.66. The van der Waals surface area contributed by atoms with Gasteiger partial charge in [0.05, 0.1) is 6.21 Å². The van der Waals surface area contributed by atoms with Crippen LogP contribution in [0.4, 0.5) is 10.5 Å². The number of carbonyl (C=O) groups is 1. The molecule has 5 nitrogen and oxygen atoms in total. The van der Waals surface area contributed by atoms with Gasteiger partial charge < -0.3 is 5.11 Å². The Hall–Kier alpha value is -2.82. The third-order valence-electron chi connectivity index (χ3n) is 2.28. The first kappa shape index (κ1) is 12.6. The van der Waals surface area contributed by atoms with Crippen molar-refractivity contribution in [3.05, 3.63) is 60.2 Å². The Labute approximate surface area is 110 Å². The average Bonchev–Trinajstić information content (AvgIpc) is 2.42. The van der Waals surface area contributed by atoms with Crippen LogP contribution in [0, 0.1) is 0 Å². The Bertz CT molecular complexity index is 582. The van der Waals surface area contributed by atoms with Crippen molar-refractivity contribution in [3.8, 4) is 5.75 Å². The number of hydrogen-bond acceptors (Lipinski definition) is 4. The summed E-state index contributed by atoms with van der Waals surface area (Å²) in [5, 5.41) is 15.5. The van der Waals surface area contributed by atoms with Gasteiger partial charge in [-0.1, -0.05) is 35.5 Å². The molecule has 0 bridgehead atoms. The second kappa shape index (κ2) is 6.20. The molecule has 0 atom stereocenters. The van der Waals surface area contributed by atoms with Gasteiger partial charge in [-0.3, -0.25) is 10.2 Å². The monoisotopic (exact) mass is 256 g/mol. The molecule has 96 valence electrons. The number of nitrogens with one attached hydrogen (secondary N) is 1. The molecule has 0 aliphatic carbocycles. The van der Waals surface area contributed by atoms with Gasteiger partial charge in [-0.15, -0.1) is 0 Å². The first-order valence-electron chi connectivity index (χ1n) is 5.60. The van der Waals surface area contributed by atoms with E-state index in [1.807, 2.05) is 6.07 Å². The minimum Gasteiger partial charge on any atom is -0.507 e. The molecule has 5 heteroatoms. The SMILES string of the molecule is O=C(Nc1ccccc1)ON=Cc1ccccc1O. The fourth-order valence-corrected chi connectivity index (χ4v) is 1.39. The van der Waals surface area contributed by atoms with Crippen molar-refractivity contribution in [2.24, 2.45) is 5.16 Å². The summed E-state index contributed by atoms with van der Waals surface area (Å²) in [4.78, 5) is 16.0. The molecule has 0 radical (unpaired) electrons. The van der Waals surface area contributed by atoms with Crippen molar-refractivity contribution in [1.82, 2.24) is 0 Å². The number of phenols is 1. The zero-order chi connectivity index (χ0) is 13.5. The van der Waals surface area contributed by atoms with Gasteiger partial charge in [0.15, 0.2) is 0 Å². The van der Waals surface area contributed by atoms with Gasteiger partial charge in [0.25, 0.3) is 0 Å². The minimum absolute atomic E-state index is 0.0679. The van der Waals surface area contributed by atoms with E-state index in [0.29, 0.717) is 11.3 Å². The predicted molar refractivity (Wildman–Crippen MR) is 72.2 cm³/mol. The van der Waals surface area contributed by atoms with E-state index in [0.717, 1.165) is 0 Å². The van der Waals surface area contributed by atoms with Crippen LogP contribution in [0.1, 0.15) is 5.56 Å². The van der Waals surface area contributed by atoms with E-state index < -0.39 is 6.09 Å². The highest BCUT2D eigenvalue weighted by Gasteiger charge is 2.01. The average molecular weight is 256 g/mol. The summed E-state index contributed by atoms with van der Waals surface area (Å²) in [7, 11) is 0. The smallest absolute Gasteiger partial charge is 0.437 e. The van der Waals surface area contributed by atoms with Crippen LogP contribution in [0.3, 0.4) is 0 Å². The maximum absolute atomic E-state index is 11.4. The van der Waals surface area contributed by atoms with E-state index in [4.69, 9.17) is 0 Å². The number of carbonyl (C=O) groups excluding carboxylic acids is 1. The van der Waals surface area contributed by atoms with Gasteiger partial charge in [-0.2, -0.15) is 0 Å². The minimum atomic E-state index is -0.696. The number of rotatable bonds is 3. The summed E-state index contributed by atoms with van der Waals surface area (Å²) in [6.45, 7) is 0. The third-order valence-corrected chi connectivity index (χ3v) is 2.28. The first-order chi connectivity index (χ1) is 9.25. The maximum Gasteiger partial charge on any atom is 0.437 e. The number of hydrogen-bond donors (Lipinski definition) is 2. The van der Waals surface area contributed by atoms with E-state index in [1.165, 1.54) is 12.3 Å². The van der Waals surface area contributed by atoms with Gasteiger partial charge >= 0.3 is 6.09 Å². The van der Waals surface area contributed by atoms with Crippen molar-refractivity contribution < 1.29 is 14.7 Å². The number of phenolic OH excluding ortho intramolecular Hbond substituents is 1. The van der Waals surface area contributed by atoms with E-state index in [1.54, 1.807) is 42.5 Å². The third kappa shape index (κ3) is 3.85. The number of benzene rings is 2. The normalized spacial score (nSPS) is 10.3. The van der Waals surface area contributed by atoms with Gasteiger partial charge in [0, 0.05) is 11.3 Å². The van der Waals surface area contributed by atoms with Crippen LogP contribution in [0.2, 0.25) is 0 Å². The zero-order valence-corrected chi connectivity index (χ0v) is 9.98. The Kier molecular flexibility index (Phi) is 4.12. The Morgan fingerprint density at radius 2 is 1.79 bits per heavy atom. The standard InChI is InChI=1S/C14H12N2O3/c17-13-9-5-4-6-11(13)10-15-19-14(18)16-12-7-2-1-3-8-12/h1-10,17H,(H,16,18). The molecule has 0 fully saturated rings. The summed E-state index contributed by atoms with van der Waals surface area (Å²) in [5.74, 6) is 0.0679. The van der Waals surface area contributed by atoms with E-state index >= 15 is 0 Å². The van der Waals surface area contributed by atoms with Gasteiger partial charge in [-0.05, 0) is 24.3 Å². The summed E-state index contributed by atoms with van der Waals surface area (Å²) in [6.07, 6.45) is 0.567. The highest BCUT2D eigenvalue weighted by atomic mass is 16.7. The summed E-state index contributed by atoms with van der Waals surface area (Å²) in [6, 6.07) is 15.5. The Morgan fingerprint density at radius 3 is 2.53 bits per heavy atom. The topological polar surface area (TPSA) is 70.9 Å². The van der Waals surface area contributed by atoms with E-state index in [2.05, 4.69) is 15.3 Å². The lowest BCUT2D eigenvalue weighted by molar-refractivity contribution is 0.167. The van der Waals surface area contributed by atoms with Crippen LogP contribution in [-0.4, -0.2) is 17.4 Å². The molecule has 19 heavy (non-hydrogen) atoms. The number of nitrogens with zero attached hydrogens (tertiary/aromatic N) is 1. The van der Waals surface area contributed by atoms with Crippen molar-refractivity contribution >= 4 is 18.0 Å². The summed E-state index contributed by atoms with van der Waals surface area (Å²) >= 11 is 0. The molecule has 2 N–H and O–H groups in total. The van der Waals surface area contributed by atoms with Crippen LogP contribution < -0.4 is 5.32 Å². The molecule has 0 aliphatic rings. The lowest BCUT2D eigenvalue weighted by atomic mass is 10.2. The predicted octanol–water partition coefficient (Wildman–Crippen LogP) is 2.97. The highest BCUT2D eigenvalue weighted by molar-refractivity contribution is 5.86. The zero-order valence-electron chi connectivity index (χ0n) is 9.98. The van der Waals surface area contributed by atoms with Gasteiger partial charge in [0.1, 0.15) is 5.75 Å². The molecule has 0 saturated carbocycles. The van der Waals surface area contributed by atoms with Crippen molar-refractivity contribution in [3.63, 3.8) is 0 Å². The Morgan fingerprint density at radius 1 is 1.11 bits per heavy atom. The fraction of sp³-hybridized carbons (Fsp3) is 0. The van der Waals surface area contributed by atoms with Crippen molar-refractivity contribution in [2.45, 2.75) is 0 Å². The second-order valence-corrected chi connectivity index (χ2v) is 3.66. The molecule has 2 aromatic carbocycles. The first-order valence-corrected chi connectivity index (χ1v) is 5.60. The number of para-hydroxylation sites is 2. The Balaban J connectivity index is 1.89. The molecule has 2 rings (SSSR count). The summed E-state index contributed by atoms with van der Waals surface area (Å²) < 4.78 is 0.